The number of ether oxygens (including phenoxy) is 1. The van der Waals surface area contributed by atoms with Crippen LogP contribution >= 0.6 is 11.3 Å². The second-order valence-corrected chi connectivity index (χ2v) is 11.5. The summed E-state index contributed by atoms with van der Waals surface area (Å²) in [6.07, 6.45) is 0.722. The Bertz CT molecular complexity index is 1650. The summed E-state index contributed by atoms with van der Waals surface area (Å²) in [6.45, 7) is 9.41. The van der Waals surface area contributed by atoms with Gasteiger partial charge in [-0.1, -0.05) is 18.3 Å². The molecule has 2 aliphatic heterocycles. The summed E-state index contributed by atoms with van der Waals surface area (Å²) in [5, 5.41) is 15.4. The summed E-state index contributed by atoms with van der Waals surface area (Å²) in [4.78, 5) is 26.4. The van der Waals surface area contributed by atoms with Crippen molar-refractivity contribution in [1.82, 2.24) is 24.4 Å². The molecule has 42 heavy (non-hydrogen) atoms. The van der Waals surface area contributed by atoms with Crippen LogP contribution in [0.25, 0.3) is 16.8 Å². The van der Waals surface area contributed by atoms with Gasteiger partial charge in [0.05, 0.1) is 30.1 Å². The second kappa shape index (κ2) is 11.6. The average Bonchev–Trinajstić information content (AvgIpc) is 3.63. The number of hydrogen-bond acceptors (Lipinski definition) is 8. The standard InChI is InChI=1S/C30H33FN8O2S/c1-4-24-28(35(3)29-33-27(26(19-32)42-29)21-5-7-22(31)8-6-21)25-18-23(17-20(2)39(25)34-24)36-9-11-37(12-10-36)30(40)38-13-15-41-16-14-38/h5-8,17-18H,4,9-16H2,1-3H3. The average molecular weight is 589 g/mol. The van der Waals surface area contributed by atoms with Gasteiger partial charge in [-0.05, 0) is 49.7 Å². The largest absolute Gasteiger partial charge is 0.378 e. The van der Waals surface area contributed by atoms with Gasteiger partial charge < -0.3 is 24.3 Å². The van der Waals surface area contributed by atoms with Crippen molar-refractivity contribution in [2.24, 2.45) is 0 Å². The van der Waals surface area contributed by atoms with Crippen molar-refractivity contribution in [1.29, 1.82) is 5.26 Å². The molecule has 2 amide bonds. The highest BCUT2D eigenvalue weighted by Crippen LogP contribution is 2.39. The van der Waals surface area contributed by atoms with Gasteiger partial charge in [0.2, 0.25) is 0 Å². The fourth-order valence-corrected chi connectivity index (χ4v) is 6.50. The number of amides is 2. The molecule has 12 heteroatoms. The Kier molecular flexibility index (Phi) is 7.70. The first-order chi connectivity index (χ1) is 20.4. The summed E-state index contributed by atoms with van der Waals surface area (Å²) in [5.74, 6) is -0.333. The van der Waals surface area contributed by atoms with E-state index < -0.39 is 0 Å². The number of benzene rings is 1. The topological polar surface area (TPSA) is 93.2 Å². The molecule has 2 saturated heterocycles. The third-order valence-corrected chi connectivity index (χ3v) is 8.97. The van der Waals surface area contributed by atoms with Gasteiger partial charge in [-0.2, -0.15) is 10.4 Å². The molecule has 0 saturated carbocycles. The van der Waals surface area contributed by atoms with E-state index in [2.05, 4.69) is 36.9 Å². The van der Waals surface area contributed by atoms with E-state index >= 15 is 0 Å². The van der Waals surface area contributed by atoms with E-state index in [0.717, 1.165) is 47.8 Å². The van der Waals surface area contributed by atoms with E-state index in [1.807, 2.05) is 26.3 Å². The van der Waals surface area contributed by atoms with Crippen molar-refractivity contribution in [2.75, 3.05) is 69.3 Å². The Morgan fingerprint density at radius 1 is 1.10 bits per heavy atom. The smallest absolute Gasteiger partial charge is 0.320 e. The number of nitrogens with zero attached hydrogens (tertiary/aromatic N) is 8. The summed E-state index contributed by atoms with van der Waals surface area (Å²) >= 11 is 1.31. The highest BCUT2D eigenvalue weighted by molar-refractivity contribution is 7.16. The van der Waals surface area contributed by atoms with Crippen molar-refractivity contribution in [3.8, 4) is 17.3 Å². The van der Waals surface area contributed by atoms with Crippen molar-refractivity contribution in [3.63, 3.8) is 0 Å². The van der Waals surface area contributed by atoms with Gasteiger partial charge in [-0.25, -0.2) is 18.7 Å². The van der Waals surface area contributed by atoms with E-state index in [4.69, 9.17) is 14.8 Å². The molecular formula is C30H33FN8O2S. The lowest BCUT2D eigenvalue weighted by atomic mass is 10.1. The third kappa shape index (κ3) is 5.14. The van der Waals surface area contributed by atoms with Crippen LogP contribution in [0.4, 0.5) is 25.7 Å². The third-order valence-electron chi connectivity index (χ3n) is 7.93. The first-order valence-electron chi connectivity index (χ1n) is 14.2. The molecule has 2 fully saturated rings. The van der Waals surface area contributed by atoms with Crippen molar-refractivity contribution >= 4 is 39.4 Å². The molecule has 218 valence electrons. The lowest BCUT2D eigenvalue weighted by Gasteiger charge is -2.39. The number of rotatable bonds is 5. The van der Waals surface area contributed by atoms with Crippen LogP contribution in [0.15, 0.2) is 36.4 Å². The summed E-state index contributed by atoms with van der Waals surface area (Å²) in [5.41, 5.74) is 6.15. The van der Waals surface area contributed by atoms with Gasteiger partial charge in [0.1, 0.15) is 22.5 Å². The number of urea groups is 1. The zero-order chi connectivity index (χ0) is 29.4. The van der Waals surface area contributed by atoms with Crippen LogP contribution in [0.3, 0.4) is 0 Å². The number of nitriles is 1. The van der Waals surface area contributed by atoms with E-state index in [-0.39, 0.29) is 11.8 Å². The number of piperazine rings is 1. The van der Waals surface area contributed by atoms with Crippen LogP contribution in [0.2, 0.25) is 0 Å². The molecule has 0 bridgehead atoms. The molecule has 0 unspecified atom stereocenters. The fraction of sp³-hybridized carbons (Fsp3) is 0.400. The molecule has 1 aromatic carbocycles. The number of fused-ring (bicyclic) bond motifs is 1. The SMILES string of the molecule is CCc1nn2c(C)cc(N3CCN(C(=O)N4CCOCC4)CC3)cc2c1N(C)c1nc(-c2ccc(F)cc2)c(C#N)s1. The van der Waals surface area contributed by atoms with E-state index in [1.165, 1.54) is 23.5 Å². The zero-order valence-corrected chi connectivity index (χ0v) is 24.8. The Hall–Kier alpha value is -4.21. The van der Waals surface area contributed by atoms with Crippen LogP contribution in [0.1, 0.15) is 23.2 Å². The molecule has 0 spiro atoms. The number of morpholine rings is 1. The maximum absolute atomic E-state index is 13.5. The number of pyridine rings is 1. The normalized spacial score (nSPS) is 15.7. The van der Waals surface area contributed by atoms with Crippen LogP contribution < -0.4 is 9.80 Å². The maximum Gasteiger partial charge on any atom is 0.320 e. The van der Waals surface area contributed by atoms with Gasteiger partial charge >= 0.3 is 6.03 Å². The lowest BCUT2D eigenvalue weighted by molar-refractivity contribution is 0.0428. The van der Waals surface area contributed by atoms with Crippen molar-refractivity contribution in [3.05, 3.63) is 58.5 Å². The van der Waals surface area contributed by atoms with Crippen molar-refractivity contribution in [2.45, 2.75) is 20.3 Å². The predicted octanol–water partition coefficient (Wildman–Crippen LogP) is 4.68. The Morgan fingerprint density at radius 3 is 2.45 bits per heavy atom. The Morgan fingerprint density at radius 2 is 1.79 bits per heavy atom. The molecule has 2 aliphatic rings. The highest BCUT2D eigenvalue weighted by Gasteiger charge is 2.28. The minimum atomic E-state index is -0.333. The molecule has 0 aliphatic carbocycles. The van der Waals surface area contributed by atoms with Gasteiger partial charge in [-0.15, -0.1) is 0 Å². The van der Waals surface area contributed by atoms with Gasteiger partial charge in [0, 0.05) is 63.3 Å². The number of carbonyl (C=O) groups excluding carboxylic acids is 1. The van der Waals surface area contributed by atoms with Crippen LogP contribution in [-0.4, -0.2) is 90.0 Å². The molecule has 4 aromatic rings. The fourth-order valence-electron chi connectivity index (χ4n) is 5.65. The van der Waals surface area contributed by atoms with Crippen LogP contribution in [-0.2, 0) is 11.2 Å². The lowest BCUT2D eigenvalue weighted by Crippen LogP contribution is -2.54. The van der Waals surface area contributed by atoms with Gasteiger partial charge in [0.25, 0.3) is 0 Å². The van der Waals surface area contributed by atoms with E-state index in [1.54, 1.807) is 12.1 Å². The first kappa shape index (κ1) is 27.9. The molecule has 5 heterocycles. The second-order valence-electron chi connectivity index (χ2n) is 10.5. The quantitative estimate of drug-likeness (QED) is 0.334. The van der Waals surface area contributed by atoms with E-state index in [0.29, 0.717) is 60.7 Å². The maximum atomic E-state index is 13.5. The molecular weight excluding hydrogens is 555 g/mol. The molecule has 6 rings (SSSR count). The van der Waals surface area contributed by atoms with Gasteiger partial charge in [0.15, 0.2) is 5.13 Å². The molecule has 0 N–H and O–H groups in total. The minimum Gasteiger partial charge on any atom is -0.378 e. The number of aryl methyl sites for hydroxylation is 2. The highest BCUT2D eigenvalue weighted by atomic mass is 32.1. The zero-order valence-electron chi connectivity index (χ0n) is 24.0. The molecule has 0 radical (unpaired) electrons. The summed E-state index contributed by atoms with van der Waals surface area (Å²) < 4.78 is 20.9. The predicted molar refractivity (Wildman–Crippen MR) is 161 cm³/mol. The van der Waals surface area contributed by atoms with E-state index in [9.17, 15) is 14.4 Å². The number of halogens is 1. The Balaban J connectivity index is 1.29. The monoisotopic (exact) mass is 588 g/mol. The number of aromatic nitrogens is 3. The molecule has 10 nitrogen and oxygen atoms in total. The van der Waals surface area contributed by atoms with Crippen LogP contribution in [0.5, 0.6) is 0 Å². The van der Waals surface area contributed by atoms with Crippen LogP contribution in [0, 0.1) is 24.1 Å². The molecule has 3 aromatic heterocycles. The molecule has 0 atom stereocenters. The summed E-state index contributed by atoms with van der Waals surface area (Å²) in [7, 11) is 1.95. The first-order valence-corrected chi connectivity index (χ1v) is 15.0. The summed E-state index contributed by atoms with van der Waals surface area (Å²) in [6, 6.07) is 12.7. The minimum absolute atomic E-state index is 0.0945. The number of thiazole rings is 1. The number of hydrogen-bond donors (Lipinski definition) is 0. The number of carbonyl (C=O) groups is 1. The van der Waals surface area contributed by atoms with Crippen molar-refractivity contribution < 1.29 is 13.9 Å². The number of anilines is 3. The Labute approximate surface area is 248 Å². The van der Waals surface area contributed by atoms with Gasteiger partial charge in [-0.3, -0.25) is 0 Å².